The molecule has 0 bridgehead atoms. The first kappa shape index (κ1) is 20.6. The molecule has 27 heavy (non-hydrogen) atoms. The van der Waals surface area contributed by atoms with Crippen LogP contribution in [0, 0.1) is 19.7 Å². The van der Waals surface area contributed by atoms with Crippen molar-refractivity contribution in [2.75, 3.05) is 23.8 Å². The molecular weight excluding hydrogens is 371 g/mol. The van der Waals surface area contributed by atoms with Gasteiger partial charge in [0.2, 0.25) is 5.91 Å². The van der Waals surface area contributed by atoms with Crippen LogP contribution in [0.25, 0.3) is 0 Å². The van der Waals surface area contributed by atoms with Crippen molar-refractivity contribution in [3.63, 3.8) is 0 Å². The van der Waals surface area contributed by atoms with E-state index in [0.29, 0.717) is 21.7 Å². The van der Waals surface area contributed by atoms with E-state index in [4.69, 9.17) is 4.74 Å². The van der Waals surface area contributed by atoms with Crippen molar-refractivity contribution < 1.29 is 23.5 Å². The molecule has 2 N–H and O–H groups in total. The largest absolute Gasteiger partial charge is 0.462 e. The topological polar surface area (TPSA) is 84.5 Å². The highest BCUT2D eigenvalue weighted by Crippen LogP contribution is 2.34. The van der Waals surface area contributed by atoms with Gasteiger partial charge in [-0.05, 0) is 51.0 Å². The van der Waals surface area contributed by atoms with E-state index in [1.54, 1.807) is 32.9 Å². The lowest BCUT2D eigenvalue weighted by molar-refractivity contribution is -0.114. The van der Waals surface area contributed by atoms with E-state index in [9.17, 15) is 18.8 Å². The maximum absolute atomic E-state index is 13.6. The number of Topliss-reactive ketones (excluding diaryl/α,β-unsaturated/α-hetero) is 1. The van der Waals surface area contributed by atoms with Crippen molar-refractivity contribution in [1.29, 1.82) is 0 Å². The monoisotopic (exact) mass is 392 g/mol. The SMILES string of the molecule is CCOC(=O)c1c(NC(=O)CNc2ccc(C)c(F)c2)sc(C(C)=O)c1C. The summed E-state index contributed by atoms with van der Waals surface area (Å²) in [5, 5.41) is 5.71. The van der Waals surface area contributed by atoms with Crippen LogP contribution in [-0.2, 0) is 9.53 Å². The number of amides is 1. The Hall–Kier alpha value is -2.74. The molecule has 0 unspecified atom stereocenters. The Morgan fingerprint density at radius 2 is 1.93 bits per heavy atom. The Labute approximate surface area is 160 Å². The lowest BCUT2D eigenvalue weighted by atomic mass is 10.1. The summed E-state index contributed by atoms with van der Waals surface area (Å²) in [6, 6.07) is 4.57. The second-order valence-corrected chi connectivity index (χ2v) is 6.92. The third-order valence-electron chi connectivity index (χ3n) is 3.82. The number of benzene rings is 1. The average Bonchev–Trinajstić information content (AvgIpc) is 2.92. The highest BCUT2D eigenvalue weighted by atomic mass is 32.1. The van der Waals surface area contributed by atoms with Gasteiger partial charge in [-0.3, -0.25) is 9.59 Å². The number of hydrogen-bond acceptors (Lipinski definition) is 6. The Balaban J connectivity index is 2.16. The predicted molar refractivity (Wildman–Crippen MR) is 103 cm³/mol. The highest BCUT2D eigenvalue weighted by Gasteiger charge is 2.25. The fraction of sp³-hybridized carbons (Fsp3) is 0.316. The van der Waals surface area contributed by atoms with Gasteiger partial charge in [0.15, 0.2) is 5.78 Å². The summed E-state index contributed by atoms with van der Waals surface area (Å²) in [6.45, 7) is 6.41. The van der Waals surface area contributed by atoms with Gasteiger partial charge in [0.05, 0.1) is 23.6 Å². The number of nitrogens with one attached hydrogen (secondary N) is 2. The predicted octanol–water partition coefficient (Wildman–Crippen LogP) is 3.93. The van der Waals surface area contributed by atoms with Gasteiger partial charge in [0.1, 0.15) is 10.8 Å². The van der Waals surface area contributed by atoms with Crippen LogP contribution < -0.4 is 10.6 Å². The van der Waals surface area contributed by atoms with E-state index < -0.39 is 11.9 Å². The summed E-state index contributed by atoms with van der Waals surface area (Å²) in [5.41, 5.74) is 1.64. The smallest absolute Gasteiger partial charge is 0.341 e. The molecule has 0 radical (unpaired) electrons. The number of esters is 1. The summed E-state index contributed by atoms with van der Waals surface area (Å²) in [5.74, 6) is -1.60. The van der Waals surface area contributed by atoms with Crippen LogP contribution in [0.3, 0.4) is 0 Å². The molecular formula is C19H21FN2O4S. The third kappa shape index (κ3) is 4.91. The molecule has 144 valence electrons. The van der Waals surface area contributed by atoms with Crippen LogP contribution in [0.2, 0.25) is 0 Å². The zero-order valence-corrected chi connectivity index (χ0v) is 16.4. The van der Waals surface area contributed by atoms with Crippen LogP contribution in [0.1, 0.15) is 45.0 Å². The fourth-order valence-electron chi connectivity index (χ4n) is 2.44. The highest BCUT2D eigenvalue weighted by molar-refractivity contribution is 7.18. The molecule has 0 aliphatic heterocycles. The molecule has 8 heteroatoms. The molecule has 1 aromatic carbocycles. The lowest BCUT2D eigenvalue weighted by Gasteiger charge is -2.09. The molecule has 0 spiro atoms. The number of halogens is 1. The van der Waals surface area contributed by atoms with Crippen LogP contribution in [0.5, 0.6) is 0 Å². The first-order valence-electron chi connectivity index (χ1n) is 8.35. The number of rotatable bonds is 7. The van der Waals surface area contributed by atoms with E-state index in [-0.39, 0.29) is 35.3 Å². The van der Waals surface area contributed by atoms with E-state index >= 15 is 0 Å². The molecule has 2 aromatic rings. The van der Waals surface area contributed by atoms with Crippen LogP contribution in [0.4, 0.5) is 15.1 Å². The van der Waals surface area contributed by atoms with Crippen molar-refractivity contribution in [1.82, 2.24) is 0 Å². The maximum atomic E-state index is 13.6. The summed E-state index contributed by atoms with van der Waals surface area (Å²) < 4.78 is 18.6. The second-order valence-electron chi connectivity index (χ2n) is 5.90. The van der Waals surface area contributed by atoms with E-state index in [0.717, 1.165) is 11.3 Å². The number of thiophene rings is 1. The number of hydrogen-bond donors (Lipinski definition) is 2. The third-order valence-corrected chi connectivity index (χ3v) is 5.13. The minimum Gasteiger partial charge on any atom is -0.462 e. The van der Waals surface area contributed by atoms with Crippen LogP contribution in [-0.4, -0.2) is 30.8 Å². The number of ether oxygens (including phenoxy) is 1. The molecule has 2 rings (SSSR count). The minimum atomic E-state index is -0.595. The van der Waals surface area contributed by atoms with Gasteiger partial charge in [0, 0.05) is 5.69 Å². The molecule has 0 fully saturated rings. The Morgan fingerprint density at radius 1 is 1.22 bits per heavy atom. The van der Waals surface area contributed by atoms with Crippen LogP contribution >= 0.6 is 11.3 Å². The normalized spacial score (nSPS) is 10.4. The van der Waals surface area contributed by atoms with Crippen LogP contribution in [0.15, 0.2) is 18.2 Å². The Morgan fingerprint density at radius 3 is 2.52 bits per heavy atom. The summed E-state index contributed by atoms with van der Waals surface area (Å²) in [7, 11) is 0. The molecule has 0 aliphatic carbocycles. The zero-order valence-electron chi connectivity index (χ0n) is 15.6. The first-order chi connectivity index (χ1) is 12.7. The first-order valence-corrected chi connectivity index (χ1v) is 9.17. The minimum absolute atomic E-state index is 0.128. The van der Waals surface area contributed by atoms with Crippen molar-refractivity contribution in [3.05, 3.63) is 45.6 Å². The number of carbonyl (C=O) groups excluding carboxylic acids is 3. The standard InChI is InChI=1S/C19H21FN2O4S/c1-5-26-19(25)16-11(3)17(12(4)23)27-18(16)22-15(24)9-21-13-7-6-10(2)14(20)8-13/h6-8,21H,5,9H2,1-4H3,(H,22,24). The van der Waals surface area contributed by atoms with E-state index in [1.165, 1.54) is 13.0 Å². The molecule has 0 saturated heterocycles. The number of carbonyl (C=O) groups is 3. The van der Waals surface area contributed by atoms with Crippen molar-refractivity contribution >= 4 is 39.7 Å². The van der Waals surface area contributed by atoms with Crippen molar-refractivity contribution in [2.45, 2.75) is 27.7 Å². The maximum Gasteiger partial charge on any atom is 0.341 e. The van der Waals surface area contributed by atoms with Gasteiger partial charge in [-0.15, -0.1) is 11.3 Å². The number of anilines is 2. The van der Waals surface area contributed by atoms with Gasteiger partial charge in [-0.2, -0.15) is 0 Å². The molecule has 0 atom stereocenters. The summed E-state index contributed by atoms with van der Waals surface area (Å²) in [4.78, 5) is 36.6. The second kappa shape index (κ2) is 8.77. The van der Waals surface area contributed by atoms with Gasteiger partial charge < -0.3 is 15.4 Å². The fourth-order valence-corrected chi connectivity index (χ4v) is 3.55. The summed E-state index contributed by atoms with van der Waals surface area (Å²) in [6.07, 6.45) is 0. The van der Waals surface area contributed by atoms with Gasteiger partial charge in [-0.1, -0.05) is 6.07 Å². The molecule has 1 aromatic heterocycles. The molecule has 1 amide bonds. The lowest BCUT2D eigenvalue weighted by Crippen LogP contribution is -2.22. The molecule has 0 saturated carbocycles. The Bertz CT molecular complexity index is 892. The number of aryl methyl sites for hydroxylation is 1. The van der Waals surface area contributed by atoms with E-state index in [2.05, 4.69) is 10.6 Å². The quantitative estimate of drug-likeness (QED) is 0.551. The van der Waals surface area contributed by atoms with Gasteiger partial charge >= 0.3 is 5.97 Å². The Kier molecular flexibility index (Phi) is 6.68. The van der Waals surface area contributed by atoms with E-state index in [1.807, 2.05) is 0 Å². The van der Waals surface area contributed by atoms with Gasteiger partial charge in [-0.25, -0.2) is 9.18 Å². The molecule has 1 heterocycles. The average molecular weight is 392 g/mol. The van der Waals surface area contributed by atoms with Gasteiger partial charge in [0.25, 0.3) is 0 Å². The van der Waals surface area contributed by atoms with Crippen molar-refractivity contribution in [2.24, 2.45) is 0 Å². The molecule has 6 nitrogen and oxygen atoms in total. The van der Waals surface area contributed by atoms with Crippen molar-refractivity contribution in [3.8, 4) is 0 Å². The molecule has 0 aliphatic rings. The number of ketones is 1. The zero-order chi connectivity index (χ0) is 20.1. The summed E-state index contributed by atoms with van der Waals surface area (Å²) >= 11 is 1.03.